The van der Waals surface area contributed by atoms with Crippen molar-refractivity contribution in [2.24, 2.45) is 0 Å². The van der Waals surface area contributed by atoms with E-state index in [1.807, 2.05) is 6.08 Å². The molecule has 2 aliphatic rings. The molecule has 4 rings (SSSR count). The number of hydrogen-bond acceptors (Lipinski definition) is 5. The van der Waals surface area contributed by atoms with E-state index < -0.39 is 12.0 Å². The zero-order valence-corrected chi connectivity index (χ0v) is 21.2. The minimum atomic E-state index is -0.602. The van der Waals surface area contributed by atoms with Crippen LogP contribution >= 0.6 is 35.0 Å². The summed E-state index contributed by atoms with van der Waals surface area (Å²) >= 11 is 14.1. The van der Waals surface area contributed by atoms with Crippen LogP contribution in [0.4, 0.5) is 10.1 Å². The second-order valence-electron chi connectivity index (χ2n) is 8.62. The molecule has 1 fully saturated rings. The van der Waals surface area contributed by atoms with Crippen LogP contribution < -0.4 is 10.6 Å². The molecule has 35 heavy (non-hydrogen) atoms. The van der Waals surface area contributed by atoms with Gasteiger partial charge in [0.25, 0.3) is 5.91 Å². The highest BCUT2D eigenvalue weighted by molar-refractivity contribution is 7.99. The van der Waals surface area contributed by atoms with Gasteiger partial charge in [-0.25, -0.2) is 4.39 Å². The van der Waals surface area contributed by atoms with Gasteiger partial charge in [0.15, 0.2) is 0 Å². The molecule has 1 saturated carbocycles. The van der Waals surface area contributed by atoms with Gasteiger partial charge in [-0.2, -0.15) is 11.8 Å². The lowest BCUT2D eigenvalue weighted by atomic mass is 9.92. The monoisotopic (exact) mass is 533 g/mol. The Morgan fingerprint density at radius 1 is 1.11 bits per heavy atom. The highest BCUT2D eigenvalue weighted by atomic mass is 35.5. The first kappa shape index (κ1) is 25.8. The largest absolute Gasteiger partial charge is 0.391 e. The van der Waals surface area contributed by atoms with Crippen LogP contribution in [0.15, 0.2) is 59.3 Å². The maximum Gasteiger partial charge on any atom is 0.269 e. The zero-order chi connectivity index (χ0) is 24.9. The SMILES string of the molecule is N=C(C(=O)N[C@@H]1CCCC[C@H]1O)C1=C(Nc2ccc(Cl)cc2Cl)/C(=C/c2ccc(F)cc2)CSC1. The number of aliphatic hydroxyl groups is 1. The minimum absolute atomic E-state index is 0.160. The topological polar surface area (TPSA) is 85.2 Å². The minimum Gasteiger partial charge on any atom is -0.391 e. The van der Waals surface area contributed by atoms with E-state index in [1.165, 1.54) is 12.1 Å². The Kier molecular flexibility index (Phi) is 8.55. The Morgan fingerprint density at radius 2 is 1.86 bits per heavy atom. The van der Waals surface area contributed by atoms with E-state index in [0.29, 0.717) is 51.4 Å². The predicted molar refractivity (Wildman–Crippen MR) is 143 cm³/mol. The van der Waals surface area contributed by atoms with E-state index in [4.69, 9.17) is 28.6 Å². The van der Waals surface area contributed by atoms with Crippen molar-refractivity contribution < 1.29 is 14.3 Å². The van der Waals surface area contributed by atoms with Crippen LogP contribution in [0.2, 0.25) is 10.0 Å². The number of carbonyl (C=O) groups is 1. The van der Waals surface area contributed by atoms with Crippen molar-refractivity contribution in [3.05, 3.63) is 80.7 Å². The number of benzene rings is 2. The van der Waals surface area contributed by atoms with Gasteiger partial charge < -0.3 is 15.7 Å². The van der Waals surface area contributed by atoms with Crippen LogP contribution in [-0.2, 0) is 4.79 Å². The average Bonchev–Trinajstić information content (AvgIpc) is 2.84. The first-order chi connectivity index (χ1) is 16.8. The molecule has 0 aromatic heterocycles. The van der Waals surface area contributed by atoms with Gasteiger partial charge in [0.2, 0.25) is 0 Å². The number of allylic oxidation sites excluding steroid dienone is 1. The Morgan fingerprint density at radius 3 is 2.57 bits per heavy atom. The van der Waals surface area contributed by atoms with Crippen LogP contribution in [0.1, 0.15) is 31.2 Å². The van der Waals surface area contributed by atoms with Gasteiger partial charge in [-0.15, -0.1) is 0 Å². The van der Waals surface area contributed by atoms with Crippen LogP contribution in [-0.4, -0.2) is 40.4 Å². The van der Waals surface area contributed by atoms with Crippen LogP contribution in [0.25, 0.3) is 6.08 Å². The molecule has 1 aliphatic carbocycles. The van der Waals surface area contributed by atoms with E-state index in [0.717, 1.165) is 24.0 Å². The van der Waals surface area contributed by atoms with Crippen LogP contribution in [0, 0.1) is 11.2 Å². The molecule has 2 aromatic rings. The third-order valence-electron chi connectivity index (χ3n) is 6.10. The summed E-state index contributed by atoms with van der Waals surface area (Å²) in [6.45, 7) is 0. The fourth-order valence-electron chi connectivity index (χ4n) is 4.21. The molecule has 0 spiro atoms. The van der Waals surface area contributed by atoms with Crippen molar-refractivity contribution in [3.8, 4) is 0 Å². The third kappa shape index (κ3) is 6.47. The highest BCUT2D eigenvalue weighted by Gasteiger charge is 2.29. The summed E-state index contributed by atoms with van der Waals surface area (Å²) in [7, 11) is 0. The molecule has 2 aromatic carbocycles. The third-order valence-corrected chi connectivity index (χ3v) is 7.66. The van der Waals surface area contributed by atoms with Crippen LogP contribution in [0.3, 0.4) is 0 Å². The molecule has 0 bridgehead atoms. The molecule has 0 saturated heterocycles. The number of hydrogen-bond donors (Lipinski definition) is 4. The Balaban J connectivity index is 1.70. The maximum absolute atomic E-state index is 13.4. The predicted octanol–water partition coefficient (Wildman–Crippen LogP) is 6.07. The molecule has 1 amide bonds. The molecule has 0 unspecified atom stereocenters. The van der Waals surface area contributed by atoms with Crippen molar-refractivity contribution >= 4 is 58.3 Å². The second-order valence-corrected chi connectivity index (χ2v) is 10.5. The van der Waals surface area contributed by atoms with E-state index in [-0.39, 0.29) is 17.6 Å². The lowest BCUT2D eigenvalue weighted by Crippen LogP contribution is -2.48. The standard InChI is InChI=1S/C26H26Cl2FN3O2S/c27-17-7-10-21(20(28)12-17)31-25-16(11-15-5-8-18(29)9-6-15)13-35-14-19(25)24(30)26(34)32-22-3-1-2-4-23(22)33/h5-12,22-23,30-31,33H,1-4,13-14H2,(H,32,34)/b16-11+,30-24?/t22-,23-/m1/s1. The van der Waals surface area contributed by atoms with Crippen molar-refractivity contribution in [3.63, 3.8) is 0 Å². The van der Waals surface area contributed by atoms with Gasteiger partial charge in [0.1, 0.15) is 11.5 Å². The van der Waals surface area contributed by atoms with Crippen molar-refractivity contribution in [1.29, 1.82) is 5.41 Å². The summed E-state index contributed by atoms with van der Waals surface area (Å²) in [6.07, 6.45) is 4.50. The number of anilines is 1. The van der Waals surface area contributed by atoms with Gasteiger partial charge in [-0.1, -0.05) is 48.2 Å². The molecule has 1 heterocycles. The van der Waals surface area contributed by atoms with Gasteiger partial charge in [0, 0.05) is 27.8 Å². The number of thioether (sulfide) groups is 1. The number of amides is 1. The van der Waals surface area contributed by atoms with Crippen molar-refractivity contribution in [2.45, 2.75) is 37.8 Å². The van der Waals surface area contributed by atoms with Crippen molar-refractivity contribution in [1.82, 2.24) is 5.32 Å². The Hall–Kier alpha value is -2.32. The van der Waals surface area contributed by atoms with Gasteiger partial charge >= 0.3 is 0 Å². The molecule has 9 heteroatoms. The molecule has 5 nitrogen and oxygen atoms in total. The molecular weight excluding hydrogens is 508 g/mol. The summed E-state index contributed by atoms with van der Waals surface area (Å²) in [5.41, 5.74) is 3.23. The number of aliphatic hydroxyl groups excluding tert-OH is 1. The lowest BCUT2D eigenvalue weighted by molar-refractivity contribution is -0.116. The summed E-state index contributed by atoms with van der Waals surface area (Å²) < 4.78 is 13.4. The van der Waals surface area contributed by atoms with Gasteiger partial charge in [-0.3, -0.25) is 10.2 Å². The normalized spacial score (nSPS) is 21.7. The van der Waals surface area contributed by atoms with Crippen molar-refractivity contribution in [2.75, 3.05) is 16.8 Å². The summed E-state index contributed by atoms with van der Waals surface area (Å²) in [6, 6.07) is 10.9. The fourth-order valence-corrected chi connectivity index (χ4v) is 5.71. The average molecular weight is 534 g/mol. The Labute approximate surface area is 218 Å². The van der Waals surface area contributed by atoms with E-state index in [2.05, 4.69) is 10.6 Å². The van der Waals surface area contributed by atoms with Gasteiger partial charge in [-0.05, 0) is 60.4 Å². The summed E-state index contributed by atoms with van der Waals surface area (Å²) in [5, 5.41) is 26.1. The highest BCUT2D eigenvalue weighted by Crippen LogP contribution is 2.34. The molecule has 0 radical (unpaired) electrons. The fraction of sp³-hybridized carbons (Fsp3) is 0.308. The number of carbonyl (C=O) groups excluding carboxylic acids is 1. The molecular formula is C26H26Cl2FN3O2S. The number of halogens is 3. The summed E-state index contributed by atoms with van der Waals surface area (Å²) in [5.74, 6) is 0.241. The van der Waals surface area contributed by atoms with E-state index in [1.54, 1.807) is 42.1 Å². The second kappa shape index (κ2) is 11.6. The van der Waals surface area contributed by atoms with E-state index in [9.17, 15) is 14.3 Å². The summed E-state index contributed by atoms with van der Waals surface area (Å²) in [4.78, 5) is 13.0. The Bertz CT molecular complexity index is 1180. The first-order valence-electron chi connectivity index (χ1n) is 11.4. The first-order valence-corrected chi connectivity index (χ1v) is 13.3. The molecule has 1 aliphatic heterocycles. The van der Waals surface area contributed by atoms with Crippen LogP contribution in [0.5, 0.6) is 0 Å². The number of rotatable bonds is 6. The van der Waals surface area contributed by atoms with Gasteiger partial charge in [0.05, 0.1) is 22.9 Å². The molecule has 2 atom stereocenters. The molecule has 4 N–H and O–H groups in total. The van der Waals surface area contributed by atoms with E-state index >= 15 is 0 Å². The zero-order valence-electron chi connectivity index (χ0n) is 18.9. The number of nitrogens with one attached hydrogen (secondary N) is 3. The molecule has 184 valence electrons. The quantitative estimate of drug-likeness (QED) is 0.339. The maximum atomic E-state index is 13.4. The smallest absolute Gasteiger partial charge is 0.269 e. The lowest BCUT2D eigenvalue weighted by Gasteiger charge is -2.29.